The molecule has 4 rings (SSSR count). The molecule has 0 aromatic heterocycles. The number of hydrogen-bond acceptors (Lipinski definition) is 7. The Hall–Kier alpha value is -3.89. The fourth-order valence-electron chi connectivity index (χ4n) is 4.33. The van der Waals surface area contributed by atoms with E-state index in [1.54, 1.807) is 54.0 Å². The van der Waals surface area contributed by atoms with Crippen LogP contribution in [0.15, 0.2) is 87.4 Å². The highest BCUT2D eigenvalue weighted by molar-refractivity contribution is 9.10. The molecule has 1 aliphatic heterocycles. The zero-order chi connectivity index (χ0) is 27.0. The first-order chi connectivity index (χ1) is 18.5. The highest BCUT2D eigenvalue weighted by Crippen LogP contribution is 2.44. The maximum absolute atomic E-state index is 13.5. The molecule has 1 heterocycles. The van der Waals surface area contributed by atoms with Gasteiger partial charge in [0.2, 0.25) is 5.90 Å². The number of carbonyl (C=O) groups is 1. The number of nitrogens with zero attached hydrogens (tertiary/aromatic N) is 4. The molecule has 3 N–H and O–H groups in total. The summed E-state index contributed by atoms with van der Waals surface area (Å²) < 4.78 is 12.8. The number of rotatable bonds is 11. The monoisotopic (exact) mass is 579 g/mol. The summed E-state index contributed by atoms with van der Waals surface area (Å²) in [6.07, 6.45) is -0.322. The molecular formula is C27H26BrN5O5. The molecule has 3 aromatic rings. The Balaban J connectivity index is 1.81. The summed E-state index contributed by atoms with van der Waals surface area (Å²) in [5.41, 5.74) is 11.8. The second kappa shape index (κ2) is 12.6. The number of nitrogens with one attached hydrogen (secondary N) is 1. The topological polar surface area (TPSA) is 149 Å². The lowest BCUT2D eigenvalue weighted by Gasteiger charge is -2.31. The van der Waals surface area contributed by atoms with Gasteiger partial charge >= 0.3 is 0 Å². The van der Waals surface area contributed by atoms with Crippen LogP contribution in [0.4, 0.5) is 0 Å². The van der Waals surface area contributed by atoms with Crippen LogP contribution in [0, 0.1) is 0 Å². The van der Waals surface area contributed by atoms with Crippen molar-refractivity contribution in [3.05, 3.63) is 110 Å². The van der Waals surface area contributed by atoms with E-state index in [2.05, 4.69) is 26.0 Å². The van der Waals surface area contributed by atoms with Crippen molar-refractivity contribution >= 4 is 27.7 Å². The average Bonchev–Trinajstić information content (AvgIpc) is 3.33. The Labute approximate surface area is 227 Å². The molecule has 3 aromatic carbocycles. The van der Waals surface area contributed by atoms with Crippen molar-refractivity contribution in [1.29, 1.82) is 0 Å². The number of ether oxygens (including phenoxy) is 2. The molecule has 0 radical (unpaired) electrons. The first-order valence-corrected chi connectivity index (χ1v) is 12.7. The van der Waals surface area contributed by atoms with Crippen molar-refractivity contribution in [1.82, 2.24) is 5.48 Å². The molecule has 1 amide bonds. The Morgan fingerprint density at radius 3 is 2.53 bits per heavy atom. The zero-order valence-corrected chi connectivity index (χ0v) is 21.9. The lowest BCUT2D eigenvalue weighted by atomic mass is 9.81. The molecule has 1 aliphatic rings. The first kappa shape index (κ1) is 27.2. The van der Waals surface area contributed by atoms with E-state index in [4.69, 9.17) is 25.1 Å². The van der Waals surface area contributed by atoms with Gasteiger partial charge in [-0.15, -0.1) is 0 Å². The average molecular weight is 580 g/mol. The van der Waals surface area contributed by atoms with Crippen LogP contribution < -0.4 is 10.2 Å². The van der Waals surface area contributed by atoms with Gasteiger partial charge in [-0.3, -0.25) is 10.0 Å². The van der Waals surface area contributed by atoms with Gasteiger partial charge < -0.3 is 14.6 Å². The molecule has 0 saturated carbocycles. The summed E-state index contributed by atoms with van der Waals surface area (Å²) in [5, 5.41) is 22.5. The van der Waals surface area contributed by atoms with Crippen molar-refractivity contribution in [2.75, 3.05) is 13.2 Å². The van der Waals surface area contributed by atoms with Gasteiger partial charge in [-0.1, -0.05) is 63.5 Å². The van der Waals surface area contributed by atoms with Gasteiger partial charge in [0.1, 0.15) is 5.75 Å². The lowest BCUT2D eigenvalue weighted by molar-refractivity contribution is -0.137. The first-order valence-electron chi connectivity index (χ1n) is 11.9. The minimum atomic E-state index is -1.59. The van der Waals surface area contributed by atoms with Crippen molar-refractivity contribution in [2.45, 2.75) is 31.0 Å². The number of aliphatic imine (C=N–C) groups is 1. The predicted molar refractivity (Wildman–Crippen MR) is 144 cm³/mol. The number of carbonyl (C=O) groups excluding carboxylic acids is 1. The SMILES string of the molecule is [N-]=[N+]=NCc1ccccc1[C@@H]1OC(c2ccc(OCCCO)cc2)=N[C@]1(Cc1ccccc1Br)C(=O)NO. The minimum Gasteiger partial charge on any atom is -0.494 e. The molecule has 0 saturated heterocycles. The van der Waals surface area contributed by atoms with E-state index in [1.165, 1.54) is 0 Å². The van der Waals surface area contributed by atoms with Gasteiger partial charge in [0.05, 0.1) is 13.2 Å². The fourth-order valence-corrected chi connectivity index (χ4v) is 4.75. The second-order valence-corrected chi connectivity index (χ2v) is 9.44. The van der Waals surface area contributed by atoms with E-state index in [9.17, 15) is 10.0 Å². The molecule has 0 spiro atoms. The minimum absolute atomic E-state index is 0.0395. The van der Waals surface area contributed by atoms with Gasteiger partial charge in [0, 0.05) is 34.4 Å². The molecular weight excluding hydrogens is 554 g/mol. The van der Waals surface area contributed by atoms with Crippen molar-refractivity contribution < 1.29 is 24.6 Å². The highest BCUT2D eigenvalue weighted by atomic mass is 79.9. The summed E-state index contributed by atoms with van der Waals surface area (Å²) in [6, 6.07) is 21.7. The molecule has 0 bridgehead atoms. The number of azide groups is 1. The molecule has 38 heavy (non-hydrogen) atoms. The van der Waals surface area contributed by atoms with Gasteiger partial charge in [-0.2, -0.15) is 0 Å². The Bertz CT molecular complexity index is 1360. The summed E-state index contributed by atoms with van der Waals surface area (Å²) in [6.45, 7) is 0.467. The largest absolute Gasteiger partial charge is 0.494 e. The van der Waals surface area contributed by atoms with Gasteiger partial charge in [0.25, 0.3) is 5.91 Å². The molecule has 0 fully saturated rings. The van der Waals surface area contributed by atoms with Crippen LogP contribution >= 0.6 is 15.9 Å². The van der Waals surface area contributed by atoms with E-state index < -0.39 is 17.6 Å². The molecule has 2 atom stereocenters. The molecule has 196 valence electrons. The summed E-state index contributed by atoms with van der Waals surface area (Å²) >= 11 is 3.55. The Morgan fingerprint density at radius 1 is 1.13 bits per heavy atom. The van der Waals surface area contributed by atoms with Gasteiger partial charge in [-0.25, -0.2) is 10.5 Å². The van der Waals surface area contributed by atoms with Crippen LogP contribution in [0.1, 0.15) is 34.8 Å². The molecule has 0 aliphatic carbocycles. The third-order valence-corrected chi connectivity index (χ3v) is 6.96. The van der Waals surface area contributed by atoms with E-state index in [0.29, 0.717) is 35.5 Å². The van der Waals surface area contributed by atoms with Crippen molar-refractivity contribution in [3.8, 4) is 5.75 Å². The number of halogens is 1. The van der Waals surface area contributed by atoms with E-state index in [1.807, 2.05) is 24.3 Å². The number of aliphatic hydroxyl groups is 1. The number of aliphatic hydroxyl groups excluding tert-OH is 1. The number of hydrogen-bond donors (Lipinski definition) is 3. The number of amides is 1. The van der Waals surface area contributed by atoms with Crippen molar-refractivity contribution in [2.24, 2.45) is 10.1 Å². The zero-order valence-electron chi connectivity index (χ0n) is 20.3. The van der Waals surface area contributed by atoms with Crippen LogP contribution in [0.3, 0.4) is 0 Å². The van der Waals surface area contributed by atoms with E-state index in [0.717, 1.165) is 10.0 Å². The number of benzene rings is 3. The van der Waals surface area contributed by atoms with Gasteiger partial charge in [-0.05, 0) is 52.6 Å². The quantitative estimate of drug-likeness (QED) is 0.0727. The van der Waals surface area contributed by atoms with Crippen LogP contribution in [-0.4, -0.2) is 40.9 Å². The molecule has 11 heteroatoms. The third-order valence-electron chi connectivity index (χ3n) is 6.19. The Morgan fingerprint density at radius 2 is 1.84 bits per heavy atom. The lowest BCUT2D eigenvalue weighted by Crippen LogP contribution is -2.49. The summed E-state index contributed by atoms with van der Waals surface area (Å²) in [4.78, 5) is 21.1. The maximum atomic E-state index is 13.5. The highest BCUT2D eigenvalue weighted by Gasteiger charge is 2.54. The van der Waals surface area contributed by atoms with Crippen LogP contribution in [-0.2, 0) is 22.5 Å². The van der Waals surface area contributed by atoms with Crippen LogP contribution in [0.2, 0.25) is 0 Å². The Kier molecular flexibility index (Phi) is 8.98. The van der Waals surface area contributed by atoms with Crippen LogP contribution in [0.25, 0.3) is 10.4 Å². The summed E-state index contributed by atoms with van der Waals surface area (Å²) in [5.74, 6) is 0.0894. The fraction of sp³-hybridized carbons (Fsp3) is 0.259. The molecule has 0 unspecified atom stereocenters. The third kappa shape index (κ3) is 5.81. The smallest absolute Gasteiger partial charge is 0.275 e. The normalized spacial score (nSPS) is 18.2. The predicted octanol–water partition coefficient (Wildman–Crippen LogP) is 5.03. The maximum Gasteiger partial charge on any atom is 0.275 e. The second-order valence-electron chi connectivity index (χ2n) is 8.59. The van der Waals surface area contributed by atoms with Crippen molar-refractivity contribution in [3.63, 3.8) is 0 Å². The van der Waals surface area contributed by atoms with E-state index >= 15 is 0 Å². The van der Waals surface area contributed by atoms with Crippen LogP contribution in [0.5, 0.6) is 5.75 Å². The standard InChI is InChI=1S/C27H26BrN5O5/c28-23-9-4-2-6-19(23)16-27(26(35)32-36)24(22-8-3-1-7-20(22)17-30-33-29)38-25(31-27)18-10-12-21(13-11-18)37-15-5-14-34/h1-4,6-13,24,34,36H,5,14-17H2,(H,32,35)/t24-,27-/m0/s1. The molecule has 10 nitrogen and oxygen atoms in total. The summed E-state index contributed by atoms with van der Waals surface area (Å²) in [7, 11) is 0. The number of hydroxylamine groups is 1. The van der Waals surface area contributed by atoms with E-state index in [-0.39, 0.29) is 25.5 Å². The van der Waals surface area contributed by atoms with Gasteiger partial charge in [0.15, 0.2) is 11.6 Å².